The SMILES string of the molecule is COc1ccc(NC(=O)[C@@H]2C[C@H](C(C)C)N[C@]23C(=O)Nc2c(Cl)cc(C)cc23)cc1. The Kier molecular flexibility index (Phi) is 5.24. The van der Waals surface area contributed by atoms with Crippen LogP contribution in [0.25, 0.3) is 0 Å². The van der Waals surface area contributed by atoms with Crippen molar-refractivity contribution in [2.75, 3.05) is 17.7 Å². The number of hydrogen-bond acceptors (Lipinski definition) is 4. The number of amides is 2. The molecule has 2 aromatic rings. The van der Waals surface area contributed by atoms with Gasteiger partial charge in [0, 0.05) is 17.3 Å². The molecule has 0 bridgehead atoms. The fourth-order valence-electron chi connectivity index (χ4n) is 4.53. The molecule has 3 N–H and O–H groups in total. The van der Waals surface area contributed by atoms with Crippen LogP contribution >= 0.6 is 11.6 Å². The molecule has 0 saturated carbocycles. The van der Waals surface area contributed by atoms with E-state index >= 15 is 0 Å². The number of carbonyl (C=O) groups is 2. The summed E-state index contributed by atoms with van der Waals surface area (Å²) in [5.74, 6) is -0.0375. The van der Waals surface area contributed by atoms with Gasteiger partial charge in [0.2, 0.25) is 11.8 Å². The molecule has 0 unspecified atom stereocenters. The summed E-state index contributed by atoms with van der Waals surface area (Å²) in [5, 5.41) is 9.89. The molecule has 3 atom stereocenters. The van der Waals surface area contributed by atoms with Gasteiger partial charge in [-0.3, -0.25) is 14.9 Å². The molecule has 2 heterocycles. The third-order valence-corrected chi connectivity index (χ3v) is 6.46. The van der Waals surface area contributed by atoms with E-state index in [0.29, 0.717) is 28.6 Å². The molecule has 0 aliphatic carbocycles. The van der Waals surface area contributed by atoms with E-state index in [-0.39, 0.29) is 23.8 Å². The Balaban J connectivity index is 1.74. The van der Waals surface area contributed by atoms with Crippen molar-refractivity contribution in [3.63, 3.8) is 0 Å². The number of halogens is 1. The first kappa shape index (κ1) is 20.7. The third kappa shape index (κ3) is 3.24. The second kappa shape index (κ2) is 7.60. The van der Waals surface area contributed by atoms with E-state index in [1.165, 1.54) is 0 Å². The predicted octanol–water partition coefficient (Wildman–Crippen LogP) is 4.08. The molecular formula is C23H26ClN3O3. The molecule has 2 amide bonds. The highest BCUT2D eigenvalue weighted by atomic mass is 35.5. The second-order valence-corrected chi connectivity index (χ2v) is 8.84. The van der Waals surface area contributed by atoms with Gasteiger partial charge in [-0.05, 0) is 55.2 Å². The molecule has 7 heteroatoms. The number of benzene rings is 2. The summed E-state index contributed by atoms with van der Waals surface area (Å²) in [4.78, 5) is 26.7. The van der Waals surface area contributed by atoms with E-state index in [4.69, 9.17) is 16.3 Å². The van der Waals surface area contributed by atoms with Gasteiger partial charge in [-0.25, -0.2) is 0 Å². The molecule has 2 aromatic carbocycles. The van der Waals surface area contributed by atoms with E-state index in [1.54, 1.807) is 31.4 Å². The van der Waals surface area contributed by atoms with Gasteiger partial charge in [0.05, 0.1) is 23.7 Å². The van der Waals surface area contributed by atoms with Crippen LogP contribution in [0.5, 0.6) is 5.75 Å². The average Bonchev–Trinajstić information content (AvgIpc) is 3.24. The minimum Gasteiger partial charge on any atom is -0.497 e. The minimum atomic E-state index is -1.14. The predicted molar refractivity (Wildman–Crippen MR) is 118 cm³/mol. The van der Waals surface area contributed by atoms with Gasteiger partial charge in [0.15, 0.2) is 0 Å². The highest BCUT2D eigenvalue weighted by Gasteiger charge is 2.60. The van der Waals surface area contributed by atoms with E-state index < -0.39 is 11.5 Å². The zero-order valence-electron chi connectivity index (χ0n) is 17.5. The molecular weight excluding hydrogens is 402 g/mol. The summed E-state index contributed by atoms with van der Waals surface area (Å²) >= 11 is 6.43. The first-order valence-electron chi connectivity index (χ1n) is 10.1. The summed E-state index contributed by atoms with van der Waals surface area (Å²) in [6.45, 7) is 6.11. The highest BCUT2D eigenvalue weighted by Crippen LogP contribution is 2.50. The lowest BCUT2D eigenvalue weighted by Crippen LogP contribution is -2.52. The third-order valence-electron chi connectivity index (χ3n) is 6.16. The van der Waals surface area contributed by atoms with Crippen LogP contribution in [0.2, 0.25) is 5.02 Å². The summed E-state index contributed by atoms with van der Waals surface area (Å²) in [5.41, 5.74) is 1.79. The van der Waals surface area contributed by atoms with Gasteiger partial charge in [-0.15, -0.1) is 0 Å². The van der Waals surface area contributed by atoms with Crippen LogP contribution in [0.3, 0.4) is 0 Å². The number of aryl methyl sites for hydroxylation is 1. The number of hydrogen-bond donors (Lipinski definition) is 3. The monoisotopic (exact) mass is 427 g/mol. The van der Waals surface area contributed by atoms with E-state index in [0.717, 1.165) is 11.1 Å². The van der Waals surface area contributed by atoms with Crippen molar-refractivity contribution < 1.29 is 14.3 Å². The lowest BCUT2D eigenvalue weighted by atomic mass is 9.79. The second-order valence-electron chi connectivity index (χ2n) is 8.43. The molecule has 1 fully saturated rings. The Morgan fingerprint density at radius 2 is 1.97 bits per heavy atom. The lowest BCUT2D eigenvalue weighted by Gasteiger charge is -2.30. The maximum absolute atomic E-state index is 13.4. The van der Waals surface area contributed by atoms with Crippen LogP contribution in [-0.2, 0) is 15.1 Å². The summed E-state index contributed by atoms with van der Waals surface area (Å²) in [6, 6.07) is 10.9. The molecule has 4 rings (SSSR count). The molecule has 0 aromatic heterocycles. The van der Waals surface area contributed by atoms with Crippen molar-refractivity contribution in [2.45, 2.75) is 38.8 Å². The summed E-state index contributed by atoms with van der Waals surface area (Å²) in [7, 11) is 1.59. The van der Waals surface area contributed by atoms with Crippen LogP contribution < -0.4 is 20.7 Å². The molecule has 30 heavy (non-hydrogen) atoms. The zero-order chi connectivity index (χ0) is 21.6. The van der Waals surface area contributed by atoms with Crippen LogP contribution in [-0.4, -0.2) is 25.0 Å². The van der Waals surface area contributed by atoms with Gasteiger partial charge in [0.25, 0.3) is 0 Å². The number of ether oxygens (including phenoxy) is 1. The van der Waals surface area contributed by atoms with Crippen molar-refractivity contribution >= 4 is 34.8 Å². The van der Waals surface area contributed by atoms with Crippen molar-refractivity contribution in [3.05, 3.63) is 52.5 Å². The average molecular weight is 428 g/mol. The molecule has 2 aliphatic heterocycles. The molecule has 158 valence electrons. The van der Waals surface area contributed by atoms with Gasteiger partial charge >= 0.3 is 0 Å². The Labute approximate surface area is 181 Å². The van der Waals surface area contributed by atoms with E-state index in [2.05, 4.69) is 29.8 Å². The lowest BCUT2D eigenvalue weighted by molar-refractivity contribution is -0.130. The standard InChI is InChI=1S/C23H26ClN3O3/c1-12(2)19-11-17(21(28)25-14-5-7-15(30-4)8-6-14)23(27-19)16-9-13(3)10-18(24)20(16)26-22(23)29/h5-10,12,17,19,27H,11H2,1-4H3,(H,25,28)(H,26,29)/t17-,19+,23-/m0/s1. The maximum Gasteiger partial charge on any atom is 0.250 e. The largest absolute Gasteiger partial charge is 0.497 e. The van der Waals surface area contributed by atoms with Crippen LogP contribution in [0, 0.1) is 18.8 Å². The smallest absolute Gasteiger partial charge is 0.250 e. The number of anilines is 2. The zero-order valence-corrected chi connectivity index (χ0v) is 18.3. The highest BCUT2D eigenvalue weighted by molar-refractivity contribution is 6.35. The Bertz CT molecular complexity index is 1010. The minimum absolute atomic E-state index is 0.0209. The molecule has 1 saturated heterocycles. The normalized spacial score (nSPS) is 24.8. The number of fused-ring (bicyclic) bond motifs is 2. The fourth-order valence-corrected chi connectivity index (χ4v) is 4.85. The van der Waals surface area contributed by atoms with Crippen molar-refractivity contribution in [1.82, 2.24) is 5.32 Å². The van der Waals surface area contributed by atoms with Crippen molar-refractivity contribution in [3.8, 4) is 5.75 Å². The topological polar surface area (TPSA) is 79.5 Å². The number of methoxy groups -OCH3 is 1. The molecule has 0 radical (unpaired) electrons. The Morgan fingerprint density at radius 1 is 1.27 bits per heavy atom. The van der Waals surface area contributed by atoms with Gasteiger partial charge in [0.1, 0.15) is 11.3 Å². The van der Waals surface area contributed by atoms with Gasteiger partial charge in [-0.2, -0.15) is 0 Å². The Hall–Kier alpha value is -2.57. The maximum atomic E-state index is 13.4. The van der Waals surface area contributed by atoms with Crippen LogP contribution in [0.15, 0.2) is 36.4 Å². The quantitative estimate of drug-likeness (QED) is 0.687. The van der Waals surface area contributed by atoms with Crippen LogP contribution in [0.4, 0.5) is 11.4 Å². The summed E-state index contributed by atoms with van der Waals surface area (Å²) < 4.78 is 5.18. The van der Waals surface area contributed by atoms with Gasteiger partial charge < -0.3 is 15.4 Å². The van der Waals surface area contributed by atoms with E-state index in [9.17, 15) is 9.59 Å². The number of nitrogens with one attached hydrogen (secondary N) is 3. The Morgan fingerprint density at radius 3 is 2.60 bits per heavy atom. The molecule has 2 aliphatic rings. The molecule has 1 spiro atoms. The van der Waals surface area contributed by atoms with E-state index in [1.807, 2.05) is 19.1 Å². The number of rotatable bonds is 4. The molecule has 6 nitrogen and oxygen atoms in total. The summed E-state index contributed by atoms with van der Waals surface area (Å²) in [6.07, 6.45) is 0.554. The van der Waals surface area contributed by atoms with Gasteiger partial charge in [-0.1, -0.05) is 31.5 Å². The first-order chi connectivity index (χ1) is 14.3. The fraction of sp³-hybridized carbons (Fsp3) is 0.391. The van der Waals surface area contributed by atoms with Crippen molar-refractivity contribution in [1.29, 1.82) is 0 Å². The first-order valence-corrected chi connectivity index (χ1v) is 10.5. The number of carbonyl (C=O) groups excluding carboxylic acids is 2. The van der Waals surface area contributed by atoms with Crippen LogP contribution in [0.1, 0.15) is 31.4 Å². The van der Waals surface area contributed by atoms with Crippen molar-refractivity contribution in [2.24, 2.45) is 11.8 Å².